The first-order valence-electron chi connectivity index (χ1n) is 8.38. The third kappa shape index (κ3) is 6.52. The highest BCUT2D eigenvalue weighted by Gasteiger charge is 2.12. The smallest absolute Gasteiger partial charge is 0.419 e. The quantitative estimate of drug-likeness (QED) is 0.513. The summed E-state index contributed by atoms with van der Waals surface area (Å²) in [4.78, 5) is 27.6. The van der Waals surface area contributed by atoms with Crippen LogP contribution >= 0.6 is 34.8 Å². The fraction of sp³-hybridized carbons (Fsp3) is 0.0500. The average Bonchev–Trinajstić information content (AvgIpc) is 2.71. The maximum absolute atomic E-state index is 11.8. The van der Waals surface area contributed by atoms with Crippen LogP contribution in [0.3, 0.4) is 0 Å². The van der Waals surface area contributed by atoms with E-state index in [0.29, 0.717) is 21.5 Å². The van der Waals surface area contributed by atoms with E-state index in [1.54, 1.807) is 36.4 Å². The van der Waals surface area contributed by atoms with Gasteiger partial charge in [0.25, 0.3) is 5.91 Å². The van der Waals surface area contributed by atoms with Crippen molar-refractivity contribution >= 4 is 46.8 Å². The number of imide groups is 1. The topological polar surface area (TPSA) is 86.8 Å². The van der Waals surface area contributed by atoms with Gasteiger partial charge >= 0.3 is 6.09 Å². The largest absolute Gasteiger partial charge is 0.484 e. The molecule has 0 atom stereocenters. The second-order valence-corrected chi connectivity index (χ2v) is 6.97. The number of nitrogens with zero attached hydrogens (tertiary/aromatic N) is 1. The Morgan fingerprint density at radius 3 is 2.17 bits per heavy atom. The van der Waals surface area contributed by atoms with Crippen LogP contribution in [0.15, 0.2) is 60.8 Å². The first kappa shape index (κ1) is 21.7. The van der Waals surface area contributed by atoms with Crippen molar-refractivity contribution in [1.82, 2.24) is 10.3 Å². The third-order valence-corrected chi connectivity index (χ3v) is 4.18. The molecule has 0 spiro atoms. The molecule has 0 bridgehead atoms. The van der Waals surface area contributed by atoms with Gasteiger partial charge in [0.05, 0.1) is 5.02 Å². The molecule has 3 rings (SSSR count). The molecule has 0 aliphatic heterocycles. The SMILES string of the molecule is O=C(COc1ccc(Cl)cc1)NC(=O)Oc1ccc(Oc2ncc(Cl)cc2Cl)cc1. The summed E-state index contributed by atoms with van der Waals surface area (Å²) in [6.07, 6.45) is 0.453. The van der Waals surface area contributed by atoms with E-state index in [9.17, 15) is 9.59 Å². The highest BCUT2D eigenvalue weighted by Crippen LogP contribution is 2.29. The average molecular weight is 468 g/mol. The fourth-order valence-corrected chi connectivity index (χ4v) is 2.67. The van der Waals surface area contributed by atoms with Crippen molar-refractivity contribution in [2.45, 2.75) is 0 Å². The van der Waals surface area contributed by atoms with Gasteiger partial charge < -0.3 is 14.2 Å². The van der Waals surface area contributed by atoms with Gasteiger partial charge in [0.2, 0.25) is 5.88 Å². The molecule has 10 heteroatoms. The van der Waals surface area contributed by atoms with Crippen LogP contribution in [0.1, 0.15) is 0 Å². The molecule has 0 saturated heterocycles. The van der Waals surface area contributed by atoms with Gasteiger partial charge in [-0.25, -0.2) is 9.78 Å². The lowest BCUT2D eigenvalue weighted by atomic mass is 10.3. The van der Waals surface area contributed by atoms with Crippen LogP contribution in [-0.4, -0.2) is 23.6 Å². The van der Waals surface area contributed by atoms with Gasteiger partial charge in [-0.05, 0) is 54.6 Å². The number of carbonyl (C=O) groups excluding carboxylic acids is 2. The molecule has 7 nitrogen and oxygen atoms in total. The molecule has 0 aliphatic carbocycles. The van der Waals surface area contributed by atoms with Crippen molar-refractivity contribution in [3.05, 3.63) is 75.9 Å². The van der Waals surface area contributed by atoms with Crippen molar-refractivity contribution < 1.29 is 23.8 Å². The molecule has 154 valence electrons. The summed E-state index contributed by atoms with van der Waals surface area (Å²) < 4.78 is 15.8. The van der Waals surface area contributed by atoms with Gasteiger partial charge in [-0.1, -0.05) is 34.8 Å². The van der Waals surface area contributed by atoms with Crippen molar-refractivity contribution in [1.29, 1.82) is 0 Å². The van der Waals surface area contributed by atoms with Crippen LogP contribution in [0, 0.1) is 0 Å². The van der Waals surface area contributed by atoms with Crippen molar-refractivity contribution in [3.8, 4) is 23.1 Å². The summed E-state index contributed by atoms with van der Waals surface area (Å²) in [5.74, 6) is 0.555. The maximum Gasteiger partial charge on any atom is 0.419 e. The maximum atomic E-state index is 11.8. The normalized spacial score (nSPS) is 10.2. The number of aromatic nitrogens is 1. The van der Waals surface area contributed by atoms with Gasteiger partial charge in [0, 0.05) is 11.2 Å². The van der Waals surface area contributed by atoms with E-state index in [0.717, 1.165) is 0 Å². The van der Waals surface area contributed by atoms with E-state index in [4.69, 9.17) is 49.0 Å². The molecular weight excluding hydrogens is 455 g/mol. The number of hydrogen-bond donors (Lipinski definition) is 1. The van der Waals surface area contributed by atoms with E-state index in [1.807, 2.05) is 0 Å². The minimum absolute atomic E-state index is 0.179. The van der Waals surface area contributed by atoms with E-state index in [1.165, 1.54) is 24.4 Å². The number of nitrogens with one attached hydrogen (secondary N) is 1. The van der Waals surface area contributed by atoms with E-state index < -0.39 is 12.0 Å². The molecule has 0 fully saturated rings. The first-order chi connectivity index (χ1) is 14.4. The van der Waals surface area contributed by atoms with E-state index in [-0.39, 0.29) is 23.3 Å². The van der Waals surface area contributed by atoms with Crippen LogP contribution in [0.25, 0.3) is 0 Å². The molecule has 1 heterocycles. The lowest BCUT2D eigenvalue weighted by Gasteiger charge is -2.09. The fourth-order valence-electron chi connectivity index (χ4n) is 2.13. The van der Waals surface area contributed by atoms with Gasteiger partial charge in [0.1, 0.15) is 22.3 Å². The van der Waals surface area contributed by atoms with Crippen LogP contribution in [0.2, 0.25) is 15.1 Å². The van der Waals surface area contributed by atoms with Crippen molar-refractivity contribution in [2.24, 2.45) is 0 Å². The minimum atomic E-state index is -0.948. The second-order valence-electron chi connectivity index (χ2n) is 5.69. The number of benzene rings is 2. The van der Waals surface area contributed by atoms with E-state index in [2.05, 4.69) is 10.3 Å². The Labute approximate surface area is 186 Å². The Morgan fingerprint density at radius 2 is 1.50 bits per heavy atom. The number of ether oxygens (including phenoxy) is 3. The number of pyridine rings is 1. The second kappa shape index (κ2) is 10.2. The number of rotatable bonds is 6. The summed E-state index contributed by atoms with van der Waals surface area (Å²) in [5.41, 5.74) is 0. The molecule has 2 aromatic carbocycles. The number of carbonyl (C=O) groups is 2. The zero-order valence-corrected chi connectivity index (χ0v) is 17.4. The lowest BCUT2D eigenvalue weighted by Crippen LogP contribution is -2.36. The number of halogens is 3. The summed E-state index contributed by atoms with van der Waals surface area (Å²) in [6.45, 7) is -0.363. The molecular formula is C20H13Cl3N2O5. The molecule has 30 heavy (non-hydrogen) atoms. The van der Waals surface area contributed by atoms with Crippen molar-refractivity contribution in [3.63, 3.8) is 0 Å². The number of hydrogen-bond acceptors (Lipinski definition) is 6. The monoisotopic (exact) mass is 466 g/mol. The molecule has 3 aromatic rings. The van der Waals surface area contributed by atoms with Crippen molar-refractivity contribution in [2.75, 3.05) is 6.61 Å². The molecule has 0 aliphatic rings. The van der Waals surface area contributed by atoms with E-state index >= 15 is 0 Å². The van der Waals surface area contributed by atoms with Crippen LogP contribution in [-0.2, 0) is 4.79 Å². The summed E-state index contributed by atoms with van der Waals surface area (Å²) >= 11 is 17.6. The molecule has 0 saturated carbocycles. The molecule has 0 radical (unpaired) electrons. The Balaban J connectivity index is 1.47. The summed E-state index contributed by atoms with van der Waals surface area (Å²) in [6, 6.07) is 14.0. The van der Waals surface area contributed by atoms with Gasteiger partial charge in [-0.3, -0.25) is 10.1 Å². The summed E-state index contributed by atoms with van der Waals surface area (Å²) in [5, 5.41) is 3.23. The Kier molecular flexibility index (Phi) is 7.35. The minimum Gasteiger partial charge on any atom is -0.484 e. The van der Waals surface area contributed by atoms with Crippen LogP contribution in [0.5, 0.6) is 23.1 Å². The Hall–Kier alpha value is -3.00. The standard InChI is InChI=1S/C20H13Cl3N2O5/c21-12-1-3-14(4-2-12)28-11-18(26)25-20(27)30-16-7-5-15(6-8-16)29-19-17(23)9-13(22)10-24-19/h1-10H,11H2,(H,25,26,27). The highest BCUT2D eigenvalue weighted by atomic mass is 35.5. The zero-order chi connectivity index (χ0) is 21.5. The third-order valence-electron chi connectivity index (χ3n) is 3.45. The van der Waals surface area contributed by atoms with Gasteiger partial charge in [0.15, 0.2) is 6.61 Å². The molecule has 1 N–H and O–H groups in total. The predicted molar refractivity (Wildman–Crippen MR) is 112 cm³/mol. The lowest BCUT2D eigenvalue weighted by molar-refractivity contribution is -0.122. The van der Waals surface area contributed by atoms with Crippen LogP contribution in [0.4, 0.5) is 4.79 Å². The van der Waals surface area contributed by atoms with Gasteiger partial charge in [-0.15, -0.1) is 0 Å². The van der Waals surface area contributed by atoms with Gasteiger partial charge in [-0.2, -0.15) is 0 Å². The first-order valence-corrected chi connectivity index (χ1v) is 9.51. The molecule has 1 aromatic heterocycles. The molecule has 2 amide bonds. The zero-order valence-electron chi connectivity index (χ0n) is 15.1. The predicted octanol–water partition coefficient (Wildman–Crippen LogP) is 5.53. The van der Waals surface area contributed by atoms with Crippen LogP contribution < -0.4 is 19.5 Å². The molecule has 0 unspecified atom stereocenters. The Bertz CT molecular complexity index is 1040. The summed E-state index contributed by atoms with van der Waals surface area (Å²) in [7, 11) is 0. The highest BCUT2D eigenvalue weighted by molar-refractivity contribution is 6.35. The Morgan fingerprint density at radius 1 is 0.867 bits per heavy atom. The number of amides is 2.